The number of hydrogen-bond acceptors (Lipinski definition) is 2. The van der Waals surface area contributed by atoms with E-state index in [1.807, 2.05) is 18.2 Å². The maximum Gasteiger partial charge on any atom is 0.325 e. The Balaban J connectivity index is 1.86. The van der Waals surface area contributed by atoms with Crippen LogP contribution < -0.4 is 0 Å². The average Bonchev–Trinajstić information content (AvgIpc) is 2.53. The van der Waals surface area contributed by atoms with Gasteiger partial charge < -0.3 is 5.11 Å². The van der Waals surface area contributed by atoms with Gasteiger partial charge in [0.15, 0.2) is 0 Å². The van der Waals surface area contributed by atoms with Crippen LogP contribution in [-0.4, -0.2) is 28.6 Å². The number of carbonyl (C=O) groups is 1. The molecule has 1 fully saturated rings. The summed E-state index contributed by atoms with van der Waals surface area (Å²) in [6.07, 6.45) is 7.43. The molecule has 3 nitrogen and oxygen atoms in total. The summed E-state index contributed by atoms with van der Waals surface area (Å²) in [6, 6.07) is 7.94. The lowest BCUT2D eigenvalue weighted by Gasteiger charge is -2.42. The van der Waals surface area contributed by atoms with Gasteiger partial charge >= 0.3 is 5.97 Å². The van der Waals surface area contributed by atoms with Gasteiger partial charge in [-0.15, -0.1) is 0 Å². The van der Waals surface area contributed by atoms with Crippen LogP contribution in [0.5, 0.6) is 0 Å². The van der Waals surface area contributed by atoms with Crippen molar-refractivity contribution in [2.24, 2.45) is 5.92 Å². The second-order valence-electron chi connectivity index (χ2n) is 6.57. The quantitative estimate of drug-likeness (QED) is 0.922. The molecule has 21 heavy (non-hydrogen) atoms. The maximum absolute atomic E-state index is 11.9. The molecule has 1 N–H and O–H groups in total. The molecule has 3 heteroatoms. The van der Waals surface area contributed by atoms with Crippen molar-refractivity contribution in [2.45, 2.75) is 57.5 Å². The van der Waals surface area contributed by atoms with Crippen LogP contribution in [0, 0.1) is 5.92 Å². The van der Waals surface area contributed by atoms with Crippen molar-refractivity contribution in [3.63, 3.8) is 0 Å². The first kappa shape index (κ1) is 14.6. The Kier molecular flexibility index (Phi) is 4.29. The fourth-order valence-electron chi connectivity index (χ4n) is 4.19. The van der Waals surface area contributed by atoms with Gasteiger partial charge in [-0.1, -0.05) is 43.5 Å². The third kappa shape index (κ3) is 2.84. The molecule has 0 radical (unpaired) electrons. The minimum Gasteiger partial charge on any atom is -0.480 e. The zero-order chi connectivity index (χ0) is 14.8. The van der Waals surface area contributed by atoms with Gasteiger partial charge in [0.05, 0.1) is 0 Å². The normalized spacial score (nSPS) is 25.3. The number of carboxylic acids is 1. The first-order valence-corrected chi connectivity index (χ1v) is 8.25. The maximum atomic E-state index is 11.9. The van der Waals surface area contributed by atoms with Gasteiger partial charge in [0.25, 0.3) is 0 Å². The van der Waals surface area contributed by atoms with Crippen molar-refractivity contribution < 1.29 is 9.90 Å². The Morgan fingerprint density at radius 2 is 1.95 bits per heavy atom. The number of carboxylic acid groups (broad SMARTS) is 1. The molecule has 2 aliphatic rings. The van der Waals surface area contributed by atoms with Crippen molar-refractivity contribution in [1.29, 1.82) is 0 Å². The molecule has 2 unspecified atom stereocenters. The van der Waals surface area contributed by atoms with Gasteiger partial charge in [0.2, 0.25) is 0 Å². The second-order valence-corrected chi connectivity index (χ2v) is 6.57. The van der Waals surface area contributed by atoms with Crippen LogP contribution in [0.4, 0.5) is 0 Å². The lowest BCUT2D eigenvalue weighted by Crippen LogP contribution is -2.47. The summed E-state index contributed by atoms with van der Waals surface area (Å²) < 4.78 is 0. The fourth-order valence-corrected chi connectivity index (χ4v) is 4.19. The highest BCUT2D eigenvalue weighted by molar-refractivity contribution is 5.76. The van der Waals surface area contributed by atoms with E-state index in [9.17, 15) is 9.90 Å². The van der Waals surface area contributed by atoms with E-state index in [2.05, 4.69) is 17.9 Å². The minimum absolute atomic E-state index is 0.361. The van der Waals surface area contributed by atoms with Gasteiger partial charge in [-0.3, -0.25) is 9.69 Å². The van der Waals surface area contributed by atoms with Gasteiger partial charge in [-0.2, -0.15) is 0 Å². The molecule has 0 amide bonds. The predicted molar refractivity (Wildman–Crippen MR) is 83.3 cm³/mol. The molecule has 3 rings (SSSR count). The van der Waals surface area contributed by atoms with Gasteiger partial charge in [-0.25, -0.2) is 0 Å². The minimum atomic E-state index is -0.704. The van der Waals surface area contributed by atoms with Gasteiger partial charge in [0, 0.05) is 12.6 Å². The Morgan fingerprint density at radius 1 is 1.24 bits per heavy atom. The van der Waals surface area contributed by atoms with Crippen LogP contribution in [0.2, 0.25) is 0 Å². The van der Waals surface area contributed by atoms with Crippen molar-refractivity contribution >= 4 is 5.97 Å². The molecule has 1 aliphatic heterocycles. The Hall–Kier alpha value is -1.35. The average molecular weight is 287 g/mol. The van der Waals surface area contributed by atoms with E-state index in [0.29, 0.717) is 12.0 Å². The highest BCUT2D eigenvalue weighted by atomic mass is 16.4. The monoisotopic (exact) mass is 287 g/mol. The Labute approximate surface area is 127 Å². The Bertz CT molecular complexity index is 508. The van der Waals surface area contributed by atoms with E-state index < -0.39 is 12.0 Å². The smallest absolute Gasteiger partial charge is 0.325 e. The standard InChI is InChI=1S/C18H25NO2/c1-13(14-7-3-2-4-8-14)19-12-11-15-9-5-6-10-16(15)17(19)18(20)21/h5-6,9-10,13-14,17H,2-4,7-8,11-12H2,1H3,(H,20,21). The van der Waals surface area contributed by atoms with Crippen LogP contribution in [0.15, 0.2) is 24.3 Å². The summed E-state index contributed by atoms with van der Waals surface area (Å²) in [4.78, 5) is 14.1. The summed E-state index contributed by atoms with van der Waals surface area (Å²) in [5, 5.41) is 9.76. The molecule has 0 bridgehead atoms. The number of rotatable bonds is 3. The first-order chi connectivity index (χ1) is 10.2. The van der Waals surface area contributed by atoms with Crippen molar-refractivity contribution in [3.05, 3.63) is 35.4 Å². The summed E-state index contributed by atoms with van der Waals surface area (Å²) >= 11 is 0. The zero-order valence-corrected chi connectivity index (χ0v) is 12.8. The molecular weight excluding hydrogens is 262 g/mol. The van der Waals surface area contributed by atoms with E-state index in [1.165, 1.54) is 37.7 Å². The molecule has 0 saturated heterocycles. The number of benzene rings is 1. The second kappa shape index (κ2) is 6.18. The number of fused-ring (bicyclic) bond motifs is 1. The zero-order valence-electron chi connectivity index (χ0n) is 12.8. The molecule has 2 atom stereocenters. The molecule has 114 valence electrons. The van der Waals surface area contributed by atoms with Crippen molar-refractivity contribution in [1.82, 2.24) is 4.90 Å². The lowest BCUT2D eigenvalue weighted by molar-refractivity contribution is -0.145. The molecule has 1 aromatic carbocycles. The van der Waals surface area contributed by atoms with E-state index in [1.54, 1.807) is 0 Å². The molecule has 0 aromatic heterocycles. The largest absolute Gasteiger partial charge is 0.480 e. The van der Waals surface area contributed by atoms with Crippen LogP contribution in [0.1, 0.15) is 56.2 Å². The highest BCUT2D eigenvalue weighted by Crippen LogP contribution is 2.36. The van der Waals surface area contributed by atoms with Gasteiger partial charge in [0.1, 0.15) is 6.04 Å². The van der Waals surface area contributed by atoms with Crippen molar-refractivity contribution in [2.75, 3.05) is 6.54 Å². The molecule has 1 heterocycles. The van der Waals surface area contributed by atoms with E-state index in [0.717, 1.165) is 18.5 Å². The summed E-state index contributed by atoms with van der Waals surface area (Å²) in [7, 11) is 0. The summed E-state index contributed by atoms with van der Waals surface area (Å²) in [6.45, 7) is 3.10. The number of hydrogen-bond donors (Lipinski definition) is 1. The Morgan fingerprint density at radius 3 is 2.67 bits per heavy atom. The molecular formula is C18H25NO2. The van der Waals surface area contributed by atoms with E-state index >= 15 is 0 Å². The van der Waals surface area contributed by atoms with Crippen LogP contribution in [0.3, 0.4) is 0 Å². The number of aliphatic carboxylic acids is 1. The van der Waals surface area contributed by atoms with E-state index in [-0.39, 0.29) is 0 Å². The third-order valence-corrected chi connectivity index (χ3v) is 5.41. The topological polar surface area (TPSA) is 40.5 Å². The van der Waals surface area contributed by atoms with E-state index in [4.69, 9.17) is 0 Å². The summed E-state index contributed by atoms with van der Waals surface area (Å²) in [5.74, 6) is -0.0457. The third-order valence-electron chi connectivity index (χ3n) is 5.41. The van der Waals surface area contributed by atoms with Crippen LogP contribution in [-0.2, 0) is 11.2 Å². The van der Waals surface area contributed by atoms with Crippen LogP contribution in [0.25, 0.3) is 0 Å². The highest BCUT2D eigenvalue weighted by Gasteiger charge is 2.37. The predicted octanol–water partition coefficient (Wildman–Crippen LogP) is 3.64. The van der Waals surface area contributed by atoms with Gasteiger partial charge in [-0.05, 0) is 43.2 Å². The SMILES string of the molecule is CC(C1CCCCC1)N1CCc2ccccc2C1C(=O)O. The van der Waals surface area contributed by atoms with Crippen molar-refractivity contribution in [3.8, 4) is 0 Å². The first-order valence-electron chi connectivity index (χ1n) is 8.25. The van der Waals surface area contributed by atoms with Crippen LogP contribution >= 0.6 is 0 Å². The molecule has 1 aromatic rings. The molecule has 1 aliphatic carbocycles. The summed E-state index contributed by atoms with van der Waals surface area (Å²) in [5.41, 5.74) is 2.20. The molecule has 1 saturated carbocycles. The molecule has 0 spiro atoms. The number of nitrogens with zero attached hydrogens (tertiary/aromatic N) is 1. The fraction of sp³-hybridized carbons (Fsp3) is 0.611. The lowest BCUT2D eigenvalue weighted by atomic mass is 9.81.